The predicted molar refractivity (Wildman–Crippen MR) is 155 cm³/mol. The van der Waals surface area contributed by atoms with E-state index in [2.05, 4.69) is 31.7 Å². The summed E-state index contributed by atoms with van der Waals surface area (Å²) in [6.45, 7) is 3.18. The van der Waals surface area contributed by atoms with Gasteiger partial charge in [0.15, 0.2) is 0 Å². The molecule has 0 radical (unpaired) electrons. The zero-order valence-electron chi connectivity index (χ0n) is 22.5. The van der Waals surface area contributed by atoms with Crippen LogP contribution < -0.4 is 20.1 Å². The van der Waals surface area contributed by atoms with Gasteiger partial charge in [0.05, 0.1) is 31.4 Å². The Balaban J connectivity index is 1.35. The van der Waals surface area contributed by atoms with E-state index in [1.54, 1.807) is 12.3 Å². The molecule has 10 nitrogen and oxygen atoms in total. The lowest BCUT2D eigenvalue weighted by Gasteiger charge is -2.29. The number of fused-ring (bicyclic) bond motifs is 1. The van der Waals surface area contributed by atoms with Crippen molar-refractivity contribution in [3.63, 3.8) is 0 Å². The molecule has 40 heavy (non-hydrogen) atoms. The van der Waals surface area contributed by atoms with Gasteiger partial charge in [-0.25, -0.2) is 23.1 Å². The van der Waals surface area contributed by atoms with E-state index in [0.29, 0.717) is 11.5 Å². The first-order chi connectivity index (χ1) is 19.4. The zero-order valence-corrected chi connectivity index (χ0v) is 23.4. The van der Waals surface area contributed by atoms with Crippen LogP contribution in [0.1, 0.15) is 32.1 Å². The third-order valence-corrected chi connectivity index (χ3v) is 9.24. The van der Waals surface area contributed by atoms with E-state index in [0.717, 1.165) is 86.4 Å². The van der Waals surface area contributed by atoms with E-state index in [1.807, 2.05) is 34.9 Å². The number of aromatic nitrogens is 3. The Kier molecular flexibility index (Phi) is 7.35. The van der Waals surface area contributed by atoms with Gasteiger partial charge < -0.3 is 20.1 Å². The van der Waals surface area contributed by atoms with Crippen molar-refractivity contribution >= 4 is 32.7 Å². The molecule has 11 heteroatoms. The third kappa shape index (κ3) is 5.24. The number of imidazole rings is 1. The highest BCUT2D eigenvalue weighted by molar-refractivity contribution is 7.89. The predicted octanol–water partition coefficient (Wildman–Crippen LogP) is 4.13. The van der Waals surface area contributed by atoms with Gasteiger partial charge >= 0.3 is 0 Å². The molecular weight excluding hydrogens is 528 g/mol. The molecular formula is C29H34N6O4S. The first kappa shape index (κ1) is 26.5. The Labute approximate surface area is 234 Å². The number of hydrogen-bond donors (Lipinski definition) is 2. The summed E-state index contributed by atoms with van der Waals surface area (Å²) in [6.07, 6.45) is 6.49. The number of morpholine rings is 1. The zero-order chi connectivity index (χ0) is 27.7. The van der Waals surface area contributed by atoms with Crippen LogP contribution in [0.25, 0.3) is 27.8 Å². The standard InChI is InChI=1S/C29H34N6O4S/c1-38-28-27(40(36,37)33-22-5-3-2-4-6-22)18-21(19-31-28)20-7-12-25-26(17-20)35(29(30)32-25)24-10-8-23(9-11-24)34-13-15-39-16-14-34/h7-12,17-19,22,33H,2-6,13-16H2,1H3,(H2,30,32). The van der Waals surface area contributed by atoms with Gasteiger partial charge in [-0.3, -0.25) is 4.57 Å². The fourth-order valence-electron chi connectivity index (χ4n) is 5.62. The molecule has 0 amide bonds. The van der Waals surface area contributed by atoms with E-state index < -0.39 is 10.0 Å². The maximum Gasteiger partial charge on any atom is 0.246 e. The second-order valence-electron chi connectivity index (χ2n) is 10.3. The summed E-state index contributed by atoms with van der Waals surface area (Å²) in [7, 11) is -2.39. The topological polar surface area (TPSA) is 125 Å². The molecule has 0 bridgehead atoms. The number of nitrogens with zero attached hydrogens (tertiary/aromatic N) is 4. The van der Waals surface area contributed by atoms with Crippen LogP contribution in [0.2, 0.25) is 0 Å². The van der Waals surface area contributed by atoms with Crippen LogP contribution in [0.15, 0.2) is 59.6 Å². The molecule has 0 spiro atoms. The van der Waals surface area contributed by atoms with Crippen molar-refractivity contribution in [1.29, 1.82) is 0 Å². The van der Waals surface area contributed by atoms with Gasteiger partial charge in [-0.1, -0.05) is 25.3 Å². The highest BCUT2D eigenvalue weighted by atomic mass is 32.2. The molecule has 2 aromatic heterocycles. The fourth-order valence-corrected chi connectivity index (χ4v) is 7.07. The van der Waals surface area contributed by atoms with Crippen LogP contribution in [0, 0.1) is 0 Å². The van der Waals surface area contributed by atoms with Crippen molar-refractivity contribution in [3.8, 4) is 22.7 Å². The largest absolute Gasteiger partial charge is 0.480 e. The molecule has 2 fully saturated rings. The minimum atomic E-state index is -3.82. The number of benzene rings is 2. The molecule has 0 atom stereocenters. The number of nitrogen functional groups attached to an aromatic ring is 1. The lowest BCUT2D eigenvalue weighted by Crippen LogP contribution is -2.36. The van der Waals surface area contributed by atoms with Gasteiger partial charge in [0, 0.05) is 42.3 Å². The molecule has 0 unspecified atom stereocenters. The molecule has 6 rings (SSSR count). The number of ether oxygens (including phenoxy) is 2. The summed E-state index contributed by atoms with van der Waals surface area (Å²) in [5.41, 5.74) is 11.4. The maximum absolute atomic E-state index is 13.4. The minimum Gasteiger partial charge on any atom is -0.480 e. The molecule has 1 aliphatic carbocycles. The summed E-state index contributed by atoms with van der Waals surface area (Å²) in [5.74, 6) is 0.446. The van der Waals surface area contributed by atoms with E-state index >= 15 is 0 Å². The molecule has 2 aliphatic rings. The average molecular weight is 563 g/mol. The van der Waals surface area contributed by atoms with E-state index in [1.165, 1.54) is 7.11 Å². The van der Waals surface area contributed by atoms with Crippen LogP contribution in [0.5, 0.6) is 5.88 Å². The molecule has 2 aromatic carbocycles. The van der Waals surface area contributed by atoms with Crippen molar-refractivity contribution in [2.75, 3.05) is 44.0 Å². The minimum absolute atomic E-state index is 0.0323. The summed E-state index contributed by atoms with van der Waals surface area (Å²) in [5, 5.41) is 0. The Morgan fingerprint density at radius 3 is 2.42 bits per heavy atom. The number of sulfonamides is 1. The van der Waals surface area contributed by atoms with E-state index in [4.69, 9.17) is 15.2 Å². The number of nitrogens with one attached hydrogen (secondary N) is 1. The van der Waals surface area contributed by atoms with E-state index in [9.17, 15) is 8.42 Å². The molecule has 210 valence electrons. The SMILES string of the molecule is COc1ncc(-c2ccc3nc(N)n(-c4ccc(N5CCOCC5)cc4)c3c2)cc1S(=O)(=O)NC1CCCCC1. The van der Waals surface area contributed by atoms with Gasteiger partial charge in [0.2, 0.25) is 21.9 Å². The molecule has 1 saturated carbocycles. The van der Waals surface area contributed by atoms with Gasteiger partial charge in [0.1, 0.15) is 4.90 Å². The lowest BCUT2D eigenvalue weighted by atomic mass is 9.96. The van der Waals surface area contributed by atoms with Crippen molar-refractivity contribution in [2.24, 2.45) is 0 Å². The molecule has 3 heterocycles. The van der Waals surface area contributed by atoms with Crippen molar-refractivity contribution in [1.82, 2.24) is 19.3 Å². The number of rotatable bonds is 7. The summed E-state index contributed by atoms with van der Waals surface area (Å²) in [4.78, 5) is 11.2. The normalized spacial score (nSPS) is 16.9. The molecule has 1 aliphatic heterocycles. The monoisotopic (exact) mass is 562 g/mol. The lowest BCUT2D eigenvalue weighted by molar-refractivity contribution is 0.122. The smallest absolute Gasteiger partial charge is 0.246 e. The number of hydrogen-bond acceptors (Lipinski definition) is 8. The van der Waals surface area contributed by atoms with Crippen LogP contribution in [0.3, 0.4) is 0 Å². The quantitative estimate of drug-likeness (QED) is 0.345. The number of nitrogens with two attached hydrogens (primary N) is 1. The second kappa shape index (κ2) is 11.1. The van der Waals surface area contributed by atoms with Gasteiger partial charge in [-0.05, 0) is 60.9 Å². The van der Waals surface area contributed by atoms with Gasteiger partial charge in [-0.15, -0.1) is 0 Å². The number of methoxy groups -OCH3 is 1. The first-order valence-electron chi connectivity index (χ1n) is 13.7. The molecule has 1 saturated heterocycles. The summed E-state index contributed by atoms with van der Waals surface area (Å²) >= 11 is 0. The fraction of sp³-hybridized carbons (Fsp3) is 0.379. The second-order valence-corrected chi connectivity index (χ2v) is 12.0. The van der Waals surface area contributed by atoms with Crippen molar-refractivity contribution in [2.45, 2.75) is 43.0 Å². The Morgan fingerprint density at radius 1 is 0.975 bits per heavy atom. The number of anilines is 2. The van der Waals surface area contributed by atoms with Crippen LogP contribution in [0.4, 0.5) is 11.6 Å². The van der Waals surface area contributed by atoms with Crippen molar-refractivity contribution in [3.05, 3.63) is 54.7 Å². The first-order valence-corrected chi connectivity index (χ1v) is 15.2. The van der Waals surface area contributed by atoms with Gasteiger partial charge in [0.25, 0.3) is 0 Å². The highest BCUT2D eigenvalue weighted by Gasteiger charge is 2.26. The van der Waals surface area contributed by atoms with E-state index in [-0.39, 0.29) is 16.8 Å². The molecule has 4 aromatic rings. The molecule has 3 N–H and O–H groups in total. The third-order valence-electron chi connectivity index (χ3n) is 7.73. The van der Waals surface area contributed by atoms with Gasteiger partial charge in [-0.2, -0.15) is 0 Å². The summed E-state index contributed by atoms with van der Waals surface area (Å²) < 4.78 is 42.4. The Morgan fingerprint density at radius 2 is 1.70 bits per heavy atom. The Hall–Kier alpha value is -3.67. The highest BCUT2D eigenvalue weighted by Crippen LogP contribution is 2.32. The van der Waals surface area contributed by atoms with Crippen molar-refractivity contribution < 1.29 is 17.9 Å². The average Bonchev–Trinajstić information content (AvgIpc) is 3.32. The summed E-state index contributed by atoms with van der Waals surface area (Å²) in [6, 6.07) is 15.5. The van der Waals surface area contributed by atoms with Crippen LogP contribution in [-0.4, -0.2) is 62.4 Å². The van der Waals surface area contributed by atoms with Crippen LogP contribution >= 0.6 is 0 Å². The van der Waals surface area contributed by atoms with Crippen LogP contribution in [-0.2, 0) is 14.8 Å². The maximum atomic E-state index is 13.4. The number of pyridine rings is 1. The Bertz CT molecular complexity index is 1610.